The molecule has 0 unspecified atom stereocenters. The Labute approximate surface area is 816 Å². The van der Waals surface area contributed by atoms with Crippen LogP contribution in [0.15, 0.2) is 510 Å². The molecule has 1 aliphatic carbocycles. The molecule has 0 atom stereocenters. The summed E-state index contributed by atoms with van der Waals surface area (Å²) in [5, 5.41) is 7.18. The van der Waals surface area contributed by atoms with Crippen LogP contribution >= 0.6 is 0 Å². The Morgan fingerprint density at radius 2 is 0.674 bits per heavy atom. The van der Waals surface area contributed by atoms with E-state index in [1.807, 2.05) is 153 Å². The third kappa shape index (κ3) is 17.3. The van der Waals surface area contributed by atoms with Gasteiger partial charge >= 0.3 is 32.5 Å². The largest absolute Gasteiger partial charge is 0.881 e. The number of nitrogens with zero attached hydrogens (tertiary/aromatic N) is 8. The van der Waals surface area contributed by atoms with Gasteiger partial charge in [0.25, 0.3) is 0 Å². The van der Waals surface area contributed by atoms with Gasteiger partial charge in [-0.3, -0.25) is 4.98 Å². The number of hydrogen-bond donors (Lipinski definition) is 0. The molecule has 0 amide bonds. The fraction of sp³-hybridized carbons (Fsp3) is 0.0160. The molecule has 138 heavy (non-hydrogen) atoms. The van der Waals surface area contributed by atoms with Crippen LogP contribution in [0.2, 0.25) is 0 Å². The predicted molar refractivity (Wildman–Crippen MR) is 569 cm³/mol. The number of para-hydroxylation sites is 6. The van der Waals surface area contributed by atoms with Crippen LogP contribution in [-0.2, 0) is 5.41 Å². The van der Waals surface area contributed by atoms with Crippen LogP contribution < -0.4 is 16.3 Å². The lowest BCUT2D eigenvalue weighted by atomic mass is 9.67. The first-order valence-corrected chi connectivity index (χ1v) is 47.7. The topological polar surface area (TPSA) is 105 Å². The summed E-state index contributed by atoms with van der Waals surface area (Å²) in [7, 11) is 0. The normalized spacial score (nSPS) is 11.6. The molecule has 19 aromatic carbocycles. The number of fused-ring (bicyclic) bond motifs is 11. The zero-order valence-electron chi connectivity index (χ0n) is 75.6. The summed E-state index contributed by atoms with van der Waals surface area (Å²) in [6, 6.07) is 177. The van der Waals surface area contributed by atoms with Gasteiger partial charge in [-0.2, -0.15) is 0 Å². The molecule has 0 spiro atoms. The molecule has 25 rings (SSSR count). The quantitative estimate of drug-likeness (QED) is 0.0777. The van der Waals surface area contributed by atoms with Gasteiger partial charge in [-0.25, -0.2) is 19.9 Å². The second-order valence-corrected chi connectivity index (χ2v) is 34.9. The SMILES string of the molecule is Cc1ccc2cccc([O][Al][O]c3ccc(-c4ccccc4)cc3)c2n1.[AlH][O]c1cccc2cccnc12.c1ccc(-c2ccc(N(c3ccc(-c4ccc5c(c4)c4ccccc4n5-c4ccccc4)cc3)c3ccc4c(c3)C(c3ccccc3)(c3ccccc3)c3ccccc3-4)cc2)cc1.c1ccc(-c2nc(-c3ccccc3)nc(-c3ccc(-n4c5ccccc5c5ccccc54)cc3)n2)cc1. The van der Waals surface area contributed by atoms with E-state index in [0.29, 0.717) is 17.5 Å². The highest BCUT2D eigenvalue weighted by atomic mass is 27.2. The van der Waals surface area contributed by atoms with Crippen molar-refractivity contribution in [3.8, 4) is 107 Å². The fourth-order valence-corrected chi connectivity index (χ4v) is 20.0. The molecule has 2 radical (unpaired) electrons. The number of pyridine rings is 2. The van der Waals surface area contributed by atoms with E-state index in [1.54, 1.807) is 6.20 Å². The number of aryl methyl sites for hydroxylation is 1. The molecule has 652 valence electrons. The van der Waals surface area contributed by atoms with Crippen molar-refractivity contribution in [1.82, 2.24) is 34.1 Å². The summed E-state index contributed by atoms with van der Waals surface area (Å²) in [5.41, 5.74) is 30.3. The Kier molecular flexibility index (Phi) is 24.5. The van der Waals surface area contributed by atoms with Gasteiger partial charge in [-0.05, 0) is 213 Å². The van der Waals surface area contributed by atoms with Gasteiger partial charge in [0.1, 0.15) is 22.5 Å². The first-order chi connectivity index (χ1) is 68.3. The van der Waals surface area contributed by atoms with Crippen molar-refractivity contribution in [2.24, 2.45) is 0 Å². The summed E-state index contributed by atoms with van der Waals surface area (Å²) in [6.07, 6.45) is 1.77. The van der Waals surface area contributed by atoms with Crippen LogP contribution in [0.3, 0.4) is 0 Å². The lowest BCUT2D eigenvalue weighted by Gasteiger charge is -2.35. The molecule has 0 saturated heterocycles. The maximum Gasteiger partial charge on any atom is 0.881 e. The average molecular weight is 1800 g/mol. The minimum Gasteiger partial charge on any atom is -0.649 e. The number of benzene rings is 19. The van der Waals surface area contributed by atoms with Gasteiger partial charge in [0.05, 0.1) is 33.2 Å². The summed E-state index contributed by atoms with van der Waals surface area (Å²) in [4.78, 5) is 25.8. The zero-order valence-corrected chi connectivity index (χ0v) is 78.2. The second kappa shape index (κ2) is 39.2. The lowest BCUT2D eigenvalue weighted by molar-refractivity contribution is 0.461. The van der Waals surface area contributed by atoms with Crippen LogP contribution in [0, 0.1) is 6.92 Å². The van der Waals surface area contributed by atoms with Gasteiger partial charge < -0.3 is 25.4 Å². The maximum atomic E-state index is 5.89. The number of hydrogen-bond acceptors (Lipinski definition) is 9. The Bertz CT molecular complexity index is 8280. The molecule has 5 heterocycles. The van der Waals surface area contributed by atoms with Crippen LogP contribution in [0.5, 0.6) is 17.2 Å². The van der Waals surface area contributed by atoms with Gasteiger partial charge in [0, 0.05) is 89.3 Å². The lowest BCUT2D eigenvalue weighted by Crippen LogP contribution is -2.28. The zero-order chi connectivity index (χ0) is 92.5. The standard InChI is InChI=1S/C61H42N2.C33H22N4.C12H10O.C10H9NO.C9H7NO.2Al.H/c1-5-17-43(18-6-1)44-29-34-50(35-30-44)62(51-36-31-45(32-37-51)46-33-40-60-56(41-46)55-26-14-16-28-59(55)63(60)49-23-11-4-12-24-49)52-38-39-54-53-25-13-15-27-57(53)61(58(54)42-52,47-19-7-2-8-20-47)48-21-9-3-10-22-48;1-3-11-23(12-4-1)31-34-32(24-13-5-2-6-14-24)36-33(35-31)25-19-21-26(22-20-25)37-29-17-9-7-15-27(29)28-16-8-10-18-30(28)37;13-12-8-6-11(7-9-12)10-4-2-1-3-5-10;1-7-5-6-8-3-2-4-9(12)10(8)11-7;11-8-5-1-3-7-4-2-6-10-9(7)8;;;/h1-42H;1-22H;1-9,13H;2-6,12H,1H3;1-6,11H;;;/q;;;;;+1;+2;/p-3. The van der Waals surface area contributed by atoms with Crippen molar-refractivity contribution in [3.05, 3.63) is 538 Å². The molecule has 0 saturated carbocycles. The number of aromatic nitrogens is 7. The highest BCUT2D eigenvalue weighted by molar-refractivity contribution is 6.21. The van der Waals surface area contributed by atoms with Crippen molar-refractivity contribution in [2.45, 2.75) is 12.3 Å². The first kappa shape index (κ1) is 86.3. The molecular formula is C125H88Al2N8O3. The monoisotopic (exact) mass is 1800 g/mol. The Hall–Kier alpha value is -17.1. The van der Waals surface area contributed by atoms with E-state index in [1.165, 1.54) is 127 Å². The van der Waals surface area contributed by atoms with Crippen LogP contribution in [-0.4, -0.2) is 66.6 Å². The number of anilines is 3. The maximum absolute atomic E-state index is 5.89. The van der Waals surface area contributed by atoms with Crippen molar-refractivity contribution < 1.29 is 11.4 Å². The molecule has 0 fully saturated rings. The van der Waals surface area contributed by atoms with E-state index < -0.39 is 21.3 Å². The molecule has 0 N–H and O–H groups in total. The van der Waals surface area contributed by atoms with Crippen molar-refractivity contribution in [3.63, 3.8) is 0 Å². The molecular weight excluding hydrogens is 1720 g/mol. The third-order valence-electron chi connectivity index (χ3n) is 25.6. The van der Waals surface area contributed by atoms with Crippen LogP contribution in [0.4, 0.5) is 17.1 Å². The molecule has 0 aliphatic heterocycles. The Balaban J connectivity index is 0.000000123. The second-order valence-electron chi connectivity index (χ2n) is 33.9. The van der Waals surface area contributed by atoms with Gasteiger partial charge in [-0.15, -0.1) is 0 Å². The summed E-state index contributed by atoms with van der Waals surface area (Å²) < 4.78 is 21.6. The van der Waals surface area contributed by atoms with E-state index in [9.17, 15) is 0 Å². The van der Waals surface area contributed by atoms with Crippen LogP contribution in [0.25, 0.3) is 155 Å². The average Bonchev–Trinajstić information content (AvgIpc) is 1.53. The first-order valence-electron chi connectivity index (χ1n) is 46.2. The van der Waals surface area contributed by atoms with E-state index in [2.05, 4.69) is 382 Å². The Morgan fingerprint density at radius 1 is 0.275 bits per heavy atom. The Morgan fingerprint density at radius 3 is 1.22 bits per heavy atom. The molecule has 24 aromatic rings. The van der Waals surface area contributed by atoms with E-state index in [4.69, 9.17) is 26.3 Å². The smallest absolute Gasteiger partial charge is 0.649 e. The van der Waals surface area contributed by atoms with Gasteiger partial charge in [0.2, 0.25) is 0 Å². The van der Waals surface area contributed by atoms with E-state index >= 15 is 0 Å². The molecule has 1 aliphatic rings. The van der Waals surface area contributed by atoms with E-state index in [0.717, 1.165) is 89.9 Å². The predicted octanol–water partition coefficient (Wildman–Crippen LogP) is 30.6. The highest BCUT2D eigenvalue weighted by Crippen LogP contribution is 2.58. The fourth-order valence-electron chi connectivity index (χ4n) is 19.2. The molecule has 0 bridgehead atoms. The van der Waals surface area contributed by atoms with Gasteiger partial charge in [-0.1, -0.05) is 364 Å². The highest BCUT2D eigenvalue weighted by Gasteiger charge is 2.46. The van der Waals surface area contributed by atoms with Gasteiger partial charge in [0.15, 0.2) is 17.5 Å². The summed E-state index contributed by atoms with van der Waals surface area (Å²) >= 11 is 0.801. The summed E-state index contributed by atoms with van der Waals surface area (Å²) in [6.45, 7) is 1.98. The minimum absolute atomic E-state index is 0.501. The van der Waals surface area contributed by atoms with Crippen molar-refractivity contribution in [2.75, 3.05) is 4.90 Å². The van der Waals surface area contributed by atoms with Crippen LogP contribution in [0.1, 0.15) is 27.9 Å². The molecule has 11 nitrogen and oxygen atoms in total. The summed E-state index contributed by atoms with van der Waals surface area (Å²) in [5.74, 6) is 4.39. The molecule has 5 aromatic heterocycles. The third-order valence-corrected chi connectivity index (χ3v) is 26.7. The molecule has 13 heteroatoms. The van der Waals surface area contributed by atoms with Crippen molar-refractivity contribution in [1.29, 1.82) is 0 Å². The van der Waals surface area contributed by atoms with E-state index in [-0.39, 0.29) is 0 Å². The van der Waals surface area contributed by atoms with Crippen molar-refractivity contribution >= 4 is 115 Å². The number of rotatable bonds is 18. The minimum atomic E-state index is -0.665.